The number of rotatable bonds is 2. The van der Waals surface area contributed by atoms with Gasteiger partial charge in [0.05, 0.1) is 0 Å². The minimum absolute atomic E-state index is 0.0479. The first kappa shape index (κ1) is 18.0. The maximum Gasteiger partial charge on any atom is 0.295 e. The van der Waals surface area contributed by atoms with Crippen LogP contribution in [-0.2, 0) is 11.2 Å². The average Bonchev–Trinajstić information content (AvgIpc) is 3.28. The van der Waals surface area contributed by atoms with E-state index in [0.717, 1.165) is 43.2 Å². The van der Waals surface area contributed by atoms with E-state index in [1.54, 1.807) is 0 Å². The summed E-state index contributed by atoms with van der Waals surface area (Å²) in [6.07, 6.45) is 12.8. The topological polar surface area (TPSA) is 55.1 Å². The smallest absolute Gasteiger partial charge is 0.295 e. The fourth-order valence-electron chi connectivity index (χ4n) is 7.32. The van der Waals surface area contributed by atoms with E-state index in [-0.39, 0.29) is 5.41 Å². The molecule has 4 heteroatoms. The Morgan fingerprint density at radius 3 is 2.79 bits per heavy atom. The molecule has 0 aliphatic heterocycles. The van der Waals surface area contributed by atoms with Gasteiger partial charge >= 0.3 is 0 Å². The lowest BCUT2D eigenvalue weighted by atomic mass is 9.55. The van der Waals surface area contributed by atoms with Crippen molar-refractivity contribution < 1.29 is 9.21 Å². The first-order valence-electron chi connectivity index (χ1n) is 11.9. The maximum absolute atomic E-state index is 12.6. The van der Waals surface area contributed by atoms with Crippen molar-refractivity contribution >= 4 is 22.9 Å². The highest BCUT2D eigenvalue weighted by atomic mass is 16.4. The van der Waals surface area contributed by atoms with Crippen LogP contribution in [0.4, 0.5) is 6.01 Å². The first-order chi connectivity index (χ1) is 14.1. The molecule has 4 nitrogen and oxygen atoms in total. The first-order valence-corrected chi connectivity index (χ1v) is 11.9. The van der Waals surface area contributed by atoms with E-state index in [9.17, 15) is 4.79 Å². The molecule has 3 saturated carbocycles. The second-order valence-electron chi connectivity index (χ2n) is 10.3. The second kappa shape index (κ2) is 6.58. The van der Waals surface area contributed by atoms with Crippen molar-refractivity contribution in [2.75, 3.05) is 5.32 Å². The molecule has 3 fully saturated rings. The van der Waals surface area contributed by atoms with E-state index in [4.69, 9.17) is 9.40 Å². The van der Waals surface area contributed by atoms with Crippen LogP contribution in [0.3, 0.4) is 0 Å². The molecule has 4 aliphatic rings. The summed E-state index contributed by atoms with van der Waals surface area (Å²) in [4.78, 5) is 17.5. The van der Waals surface area contributed by atoms with Gasteiger partial charge in [-0.2, -0.15) is 4.98 Å². The van der Waals surface area contributed by atoms with Crippen molar-refractivity contribution in [3.63, 3.8) is 0 Å². The van der Waals surface area contributed by atoms with Gasteiger partial charge in [-0.15, -0.1) is 0 Å². The number of oxazole rings is 1. The molecule has 6 rings (SSSR count). The number of carbonyl (C=O) groups excluding carboxylic acids is 1. The average molecular weight is 393 g/mol. The van der Waals surface area contributed by atoms with Gasteiger partial charge in [0.1, 0.15) is 11.3 Å². The van der Waals surface area contributed by atoms with Gasteiger partial charge in [-0.25, -0.2) is 0 Å². The van der Waals surface area contributed by atoms with Gasteiger partial charge in [0, 0.05) is 17.9 Å². The Morgan fingerprint density at radius 1 is 1.07 bits per heavy atom. The van der Waals surface area contributed by atoms with Crippen LogP contribution in [0.15, 0.2) is 16.5 Å². The number of aromatic nitrogens is 1. The molecular weight excluding hydrogens is 360 g/mol. The summed E-state index contributed by atoms with van der Waals surface area (Å²) in [6.45, 7) is 2.25. The molecule has 1 aromatic carbocycles. The van der Waals surface area contributed by atoms with E-state index in [0.29, 0.717) is 35.6 Å². The Balaban J connectivity index is 1.32. The molecule has 0 bridgehead atoms. The van der Waals surface area contributed by atoms with E-state index < -0.39 is 0 Å². The fraction of sp³-hybridized carbons (Fsp3) is 0.680. The standard InChI is InChI=1S/C25H32N2O2/c1-25-14-13-17-16-9-11-21-23(27-24(29-21)26-15-5-3-2-4-6-15)19(16)8-7-18(17)20(25)10-12-22(25)28/h9,11,15,17-18,20H,2-8,10,12-14H2,1H3,(H,26,27)/t17-,18-,20+,25+/m1/s1. The van der Waals surface area contributed by atoms with Crippen LogP contribution >= 0.6 is 0 Å². The van der Waals surface area contributed by atoms with E-state index >= 15 is 0 Å². The number of hydrogen-bond acceptors (Lipinski definition) is 4. The Morgan fingerprint density at radius 2 is 1.93 bits per heavy atom. The van der Waals surface area contributed by atoms with Gasteiger partial charge in [0.15, 0.2) is 5.58 Å². The van der Waals surface area contributed by atoms with E-state index in [1.807, 2.05) is 0 Å². The van der Waals surface area contributed by atoms with Crippen LogP contribution in [0.1, 0.15) is 88.2 Å². The Bertz CT molecular complexity index is 957. The molecule has 1 heterocycles. The zero-order valence-corrected chi connectivity index (χ0v) is 17.5. The second-order valence-corrected chi connectivity index (χ2v) is 10.3. The summed E-state index contributed by atoms with van der Waals surface area (Å²) in [6, 6.07) is 5.67. The third kappa shape index (κ3) is 2.70. The Hall–Kier alpha value is -1.84. The molecule has 1 aromatic heterocycles. The predicted octanol–water partition coefficient (Wildman–Crippen LogP) is 6.00. The molecule has 0 unspecified atom stereocenters. The van der Waals surface area contributed by atoms with Crippen LogP contribution < -0.4 is 5.32 Å². The number of nitrogens with zero attached hydrogens (tertiary/aromatic N) is 1. The van der Waals surface area contributed by atoms with Crippen LogP contribution in [0.5, 0.6) is 0 Å². The Labute approximate surface area is 172 Å². The highest BCUT2D eigenvalue weighted by Crippen LogP contribution is 2.59. The molecular formula is C25H32N2O2. The molecule has 0 radical (unpaired) electrons. The van der Waals surface area contributed by atoms with Crippen LogP contribution in [0, 0.1) is 17.3 Å². The summed E-state index contributed by atoms with van der Waals surface area (Å²) < 4.78 is 6.11. The highest BCUT2D eigenvalue weighted by Gasteiger charge is 2.54. The number of fused-ring (bicyclic) bond motifs is 7. The number of anilines is 1. The van der Waals surface area contributed by atoms with Crippen molar-refractivity contribution in [1.29, 1.82) is 0 Å². The number of carbonyl (C=O) groups is 1. The number of aryl methyl sites for hydroxylation is 1. The summed E-state index contributed by atoms with van der Waals surface area (Å²) >= 11 is 0. The summed E-state index contributed by atoms with van der Waals surface area (Å²) in [7, 11) is 0. The van der Waals surface area contributed by atoms with Crippen LogP contribution in [0.2, 0.25) is 0 Å². The summed E-state index contributed by atoms with van der Waals surface area (Å²) in [5.41, 5.74) is 4.87. The molecule has 2 aromatic rings. The normalized spacial score (nSPS) is 34.7. The monoisotopic (exact) mass is 392 g/mol. The fourth-order valence-corrected chi connectivity index (χ4v) is 7.32. The van der Waals surface area contributed by atoms with Gasteiger partial charge in [-0.05, 0) is 79.9 Å². The molecule has 1 N–H and O–H groups in total. The number of hydrogen-bond donors (Lipinski definition) is 1. The lowest BCUT2D eigenvalue weighted by Crippen LogP contribution is -2.42. The zero-order chi connectivity index (χ0) is 19.6. The molecule has 29 heavy (non-hydrogen) atoms. The molecule has 0 spiro atoms. The summed E-state index contributed by atoms with van der Waals surface area (Å²) in [5.74, 6) is 2.37. The third-order valence-electron chi connectivity index (χ3n) is 8.91. The number of ketones is 1. The van der Waals surface area contributed by atoms with Crippen molar-refractivity contribution in [1.82, 2.24) is 4.98 Å². The van der Waals surface area contributed by atoms with Crippen LogP contribution in [-0.4, -0.2) is 16.8 Å². The van der Waals surface area contributed by atoms with Gasteiger partial charge in [0.2, 0.25) is 0 Å². The van der Waals surface area contributed by atoms with Crippen molar-refractivity contribution in [3.8, 4) is 0 Å². The molecule has 154 valence electrons. The van der Waals surface area contributed by atoms with E-state index in [2.05, 4.69) is 24.4 Å². The largest absolute Gasteiger partial charge is 0.424 e. The number of nitrogens with one attached hydrogen (secondary N) is 1. The molecule has 0 amide bonds. The van der Waals surface area contributed by atoms with Gasteiger partial charge < -0.3 is 9.73 Å². The molecule has 0 saturated heterocycles. The van der Waals surface area contributed by atoms with Crippen molar-refractivity contribution in [3.05, 3.63) is 23.3 Å². The van der Waals surface area contributed by atoms with Crippen molar-refractivity contribution in [2.24, 2.45) is 17.3 Å². The zero-order valence-electron chi connectivity index (χ0n) is 17.5. The lowest BCUT2D eigenvalue weighted by Gasteiger charge is -2.48. The lowest BCUT2D eigenvalue weighted by molar-refractivity contribution is -0.129. The molecule has 4 aliphatic carbocycles. The number of benzene rings is 1. The Kier molecular flexibility index (Phi) is 4.08. The minimum atomic E-state index is -0.0479. The van der Waals surface area contributed by atoms with Gasteiger partial charge in [-0.3, -0.25) is 4.79 Å². The van der Waals surface area contributed by atoms with Gasteiger partial charge in [-0.1, -0.05) is 32.3 Å². The third-order valence-corrected chi connectivity index (χ3v) is 8.91. The van der Waals surface area contributed by atoms with Crippen molar-refractivity contribution in [2.45, 2.75) is 89.5 Å². The minimum Gasteiger partial charge on any atom is -0.424 e. The van der Waals surface area contributed by atoms with Crippen LogP contribution in [0.25, 0.3) is 11.1 Å². The summed E-state index contributed by atoms with van der Waals surface area (Å²) in [5, 5.41) is 3.56. The van der Waals surface area contributed by atoms with Gasteiger partial charge in [0.25, 0.3) is 6.01 Å². The molecule has 4 atom stereocenters. The highest BCUT2D eigenvalue weighted by molar-refractivity contribution is 5.87. The van der Waals surface area contributed by atoms with E-state index in [1.165, 1.54) is 49.7 Å². The number of Topliss-reactive ketones (excluding diaryl/α,β-unsaturated/α-hetero) is 1. The maximum atomic E-state index is 12.6. The quantitative estimate of drug-likeness (QED) is 0.681. The predicted molar refractivity (Wildman–Crippen MR) is 114 cm³/mol. The SMILES string of the molecule is C[C@]12CC[C@@H]3c4ccc5oc(NC6CCCCC6)nc5c4CC[C@H]3[C@@H]1CCC2=O.